The quantitative estimate of drug-likeness (QED) is 0.726. The van der Waals surface area contributed by atoms with Crippen LogP contribution in [0, 0.1) is 13.8 Å². The molecular weight excluding hydrogens is 306 g/mol. The first-order valence-corrected chi connectivity index (χ1v) is 8.15. The van der Waals surface area contributed by atoms with Crippen molar-refractivity contribution < 1.29 is 4.74 Å². The fraction of sp³-hybridized carbons (Fsp3) is 0.400. The molecule has 2 aromatic carbocycles. The number of hydrogen-bond acceptors (Lipinski definition) is 2. The number of unbranched alkanes of at least 4 members (excludes halogenated alkanes) is 1. The number of nitrogens with two attached hydrogens (primary N) is 1. The SMILES string of the molecule is CCCC[C@H](N)c1cc(C)c(OCc2ccccc2)c(C)c1.Cl. The van der Waals surface area contributed by atoms with Crippen molar-refractivity contribution in [3.05, 3.63) is 64.7 Å². The number of ether oxygens (including phenoxy) is 1. The number of rotatable bonds is 7. The highest BCUT2D eigenvalue weighted by atomic mass is 35.5. The van der Waals surface area contributed by atoms with Gasteiger partial charge in [-0.05, 0) is 42.5 Å². The number of hydrogen-bond donors (Lipinski definition) is 1. The van der Waals surface area contributed by atoms with Gasteiger partial charge in [0.1, 0.15) is 12.4 Å². The molecular formula is C20H28ClNO. The summed E-state index contributed by atoms with van der Waals surface area (Å²) in [6, 6.07) is 14.7. The predicted molar refractivity (Wildman–Crippen MR) is 100 cm³/mol. The Morgan fingerprint density at radius 2 is 1.65 bits per heavy atom. The summed E-state index contributed by atoms with van der Waals surface area (Å²) in [5, 5.41) is 0. The predicted octanol–water partition coefficient (Wildman–Crippen LogP) is 5.49. The van der Waals surface area contributed by atoms with Crippen LogP contribution in [0.15, 0.2) is 42.5 Å². The molecule has 0 aliphatic heterocycles. The molecule has 0 radical (unpaired) electrons. The third-order valence-corrected chi connectivity index (χ3v) is 4.01. The Bertz CT molecular complexity index is 575. The van der Waals surface area contributed by atoms with Gasteiger partial charge in [-0.15, -0.1) is 12.4 Å². The van der Waals surface area contributed by atoms with Crippen molar-refractivity contribution in [2.24, 2.45) is 5.73 Å². The first-order valence-electron chi connectivity index (χ1n) is 8.15. The number of halogens is 1. The largest absolute Gasteiger partial charge is 0.488 e. The normalized spacial score (nSPS) is 11.7. The van der Waals surface area contributed by atoms with Crippen molar-refractivity contribution in [1.82, 2.24) is 0 Å². The molecule has 0 unspecified atom stereocenters. The molecule has 1 atom stereocenters. The van der Waals surface area contributed by atoms with E-state index in [9.17, 15) is 0 Å². The van der Waals surface area contributed by atoms with E-state index in [1.54, 1.807) is 0 Å². The van der Waals surface area contributed by atoms with Gasteiger partial charge in [-0.1, -0.05) is 62.2 Å². The van der Waals surface area contributed by atoms with Gasteiger partial charge in [0.05, 0.1) is 0 Å². The second-order valence-corrected chi connectivity index (χ2v) is 6.01. The molecule has 0 saturated carbocycles. The summed E-state index contributed by atoms with van der Waals surface area (Å²) in [5.41, 5.74) is 11.0. The highest BCUT2D eigenvalue weighted by molar-refractivity contribution is 5.85. The van der Waals surface area contributed by atoms with Crippen LogP contribution >= 0.6 is 12.4 Å². The molecule has 2 nitrogen and oxygen atoms in total. The molecule has 2 N–H and O–H groups in total. The molecule has 126 valence electrons. The molecule has 23 heavy (non-hydrogen) atoms. The third-order valence-electron chi connectivity index (χ3n) is 4.01. The van der Waals surface area contributed by atoms with Crippen LogP contribution in [-0.4, -0.2) is 0 Å². The zero-order valence-corrected chi connectivity index (χ0v) is 15.2. The van der Waals surface area contributed by atoms with E-state index in [1.165, 1.54) is 24.0 Å². The second-order valence-electron chi connectivity index (χ2n) is 6.01. The first kappa shape index (κ1) is 19.5. The molecule has 0 spiro atoms. The van der Waals surface area contributed by atoms with Gasteiger partial charge in [0.15, 0.2) is 0 Å². The van der Waals surface area contributed by atoms with Crippen molar-refractivity contribution in [2.75, 3.05) is 0 Å². The molecule has 2 aromatic rings. The van der Waals surface area contributed by atoms with Crippen molar-refractivity contribution in [2.45, 2.75) is 52.7 Å². The maximum absolute atomic E-state index is 6.29. The Morgan fingerprint density at radius 3 is 2.22 bits per heavy atom. The van der Waals surface area contributed by atoms with E-state index in [2.05, 4.69) is 45.0 Å². The van der Waals surface area contributed by atoms with E-state index < -0.39 is 0 Å². The second kappa shape index (κ2) is 9.59. The highest BCUT2D eigenvalue weighted by Gasteiger charge is 2.11. The van der Waals surface area contributed by atoms with Crippen LogP contribution < -0.4 is 10.5 Å². The fourth-order valence-electron chi connectivity index (χ4n) is 2.75. The Morgan fingerprint density at radius 1 is 1.04 bits per heavy atom. The van der Waals surface area contributed by atoms with Gasteiger partial charge < -0.3 is 10.5 Å². The van der Waals surface area contributed by atoms with Gasteiger partial charge in [-0.2, -0.15) is 0 Å². The van der Waals surface area contributed by atoms with Crippen molar-refractivity contribution >= 4 is 12.4 Å². The smallest absolute Gasteiger partial charge is 0.125 e. The van der Waals surface area contributed by atoms with Gasteiger partial charge in [0.25, 0.3) is 0 Å². The number of benzene rings is 2. The zero-order chi connectivity index (χ0) is 15.9. The molecule has 0 amide bonds. The summed E-state index contributed by atoms with van der Waals surface area (Å²) in [6.07, 6.45) is 3.40. The van der Waals surface area contributed by atoms with E-state index in [0.717, 1.165) is 23.3 Å². The van der Waals surface area contributed by atoms with Crippen LogP contribution in [0.2, 0.25) is 0 Å². The molecule has 2 rings (SSSR count). The lowest BCUT2D eigenvalue weighted by molar-refractivity contribution is 0.302. The lowest BCUT2D eigenvalue weighted by Crippen LogP contribution is -2.11. The van der Waals surface area contributed by atoms with Crippen LogP contribution in [-0.2, 0) is 6.61 Å². The topological polar surface area (TPSA) is 35.2 Å². The fourth-order valence-corrected chi connectivity index (χ4v) is 2.75. The lowest BCUT2D eigenvalue weighted by atomic mass is 9.97. The van der Waals surface area contributed by atoms with E-state index in [1.807, 2.05) is 18.2 Å². The van der Waals surface area contributed by atoms with Crippen LogP contribution in [0.4, 0.5) is 0 Å². The van der Waals surface area contributed by atoms with Crippen LogP contribution in [0.5, 0.6) is 5.75 Å². The summed E-state index contributed by atoms with van der Waals surface area (Å²) >= 11 is 0. The Hall–Kier alpha value is -1.51. The lowest BCUT2D eigenvalue weighted by Gasteiger charge is -2.17. The summed E-state index contributed by atoms with van der Waals surface area (Å²) in [6.45, 7) is 7.00. The monoisotopic (exact) mass is 333 g/mol. The van der Waals surface area contributed by atoms with E-state index in [4.69, 9.17) is 10.5 Å². The molecule has 3 heteroatoms. The van der Waals surface area contributed by atoms with Gasteiger partial charge in [0, 0.05) is 6.04 Å². The highest BCUT2D eigenvalue weighted by Crippen LogP contribution is 2.29. The van der Waals surface area contributed by atoms with Crippen LogP contribution in [0.25, 0.3) is 0 Å². The molecule has 0 aliphatic rings. The minimum absolute atomic E-state index is 0. The van der Waals surface area contributed by atoms with Gasteiger partial charge in [-0.25, -0.2) is 0 Å². The maximum atomic E-state index is 6.29. The maximum Gasteiger partial charge on any atom is 0.125 e. The van der Waals surface area contributed by atoms with Gasteiger partial charge >= 0.3 is 0 Å². The third kappa shape index (κ3) is 5.56. The average Bonchev–Trinajstić information content (AvgIpc) is 2.52. The average molecular weight is 334 g/mol. The van der Waals surface area contributed by atoms with Crippen molar-refractivity contribution in [3.63, 3.8) is 0 Å². The standard InChI is InChI=1S/C20H27NO.ClH/c1-4-5-11-19(21)18-12-15(2)20(16(3)13-18)22-14-17-9-7-6-8-10-17;/h6-10,12-13,19H,4-5,11,14,21H2,1-3H3;1H/t19-;/m0./s1. The van der Waals surface area contributed by atoms with Crippen LogP contribution in [0.3, 0.4) is 0 Å². The summed E-state index contributed by atoms with van der Waals surface area (Å²) < 4.78 is 6.03. The summed E-state index contributed by atoms with van der Waals surface area (Å²) in [7, 11) is 0. The van der Waals surface area contributed by atoms with E-state index in [0.29, 0.717) is 6.61 Å². The van der Waals surface area contributed by atoms with Crippen molar-refractivity contribution in [3.8, 4) is 5.75 Å². The molecule has 0 fully saturated rings. The van der Waals surface area contributed by atoms with Gasteiger partial charge in [-0.3, -0.25) is 0 Å². The minimum Gasteiger partial charge on any atom is -0.488 e. The minimum atomic E-state index is 0. The molecule has 0 saturated heterocycles. The first-order chi connectivity index (χ1) is 10.6. The summed E-state index contributed by atoms with van der Waals surface area (Å²) in [4.78, 5) is 0. The zero-order valence-electron chi connectivity index (χ0n) is 14.3. The Kier molecular flexibility index (Phi) is 8.15. The molecule has 0 aliphatic carbocycles. The van der Waals surface area contributed by atoms with Crippen LogP contribution in [0.1, 0.15) is 54.5 Å². The Balaban J connectivity index is 0.00000264. The number of aryl methyl sites for hydroxylation is 2. The molecule has 0 aromatic heterocycles. The van der Waals surface area contributed by atoms with Gasteiger partial charge in [0.2, 0.25) is 0 Å². The van der Waals surface area contributed by atoms with E-state index >= 15 is 0 Å². The Labute approximate surface area is 146 Å². The van der Waals surface area contributed by atoms with E-state index in [-0.39, 0.29) is 18.4 Å². The molecule has 0 heterocycles. The van der Waals surface area contributed by atoms with Crippen molar-refractivity contribution in [1.29, 1.82) is 0 Å². The summed E-state index contributed by atoms with van der Waals surface area (Å²) in [5.74, 6) is 0.982. The molecule has 0 bridgehead atoms.